The molecule has 2 aromatic rings. The van der Waals surface area contributed by atoms with Gasteiger partial charge in [-0.3, -0.25) is 0 Å². The van der Waals surface area contributed by atoms with Crippen LogP contribution < -0.4 is 9.46 Å². The van der Waals surface area contributed by atoms with Crippen molar-refractivity contribution in [3.8, 4) is 5.75 Å². The van der Waals surface area contributed by atoms with Crippen LogP contribution in [0.1, 0.15) is 25.5 Å². The molecule has 2 aromatic carbocycles. The van der Waals surface area contributed by atoms with Crippen LogP contribution in [0, 0.1) is 0 Å². The van der Waals surface area contributed by atoms with Crippen molar-refractivity contribution in [3.63, 3.8) is 0 Å². The molecule has 0 aliphatic rings. The summed E-state index contributed by atoms with van der Waals surface area (Å²) in [6, 6.07) is 14.8. The van der Waals surface area contributed by atoms with E-state index in [2.05, 4.69) is 4.72 Å². The fourth-order valence-electron chi connectivity index (χ4n) is 2.26. The van der Waals surface area contributed by atoms with Crippen molar-refractivity contribution in [1.29, 1.82) is 0 Å². The molecule has 6 nitrogen and oxygen atoms in total. The lowest BCUT2D eigenvalue weighted by atomic mass is 10.1. The molecule has 0 saturated carbocycles. The van der Waals surface area contributed by atoms with E-state index in [1.54, 1.807) is 13.8 Å². The van der Waals surface area contributed by atoms with E-state index in [1.165, 1.54) is 24.3 Å². The lowest BCUT2D eigenvalue weighted by Gasteiger charge is -2.15. The Labute approximate surface area is 155 Å². The molecule has 0 saturated heterocycles. The molecular formula is C18H23NO5S2. The maximum Gasteiger partial charge on any atom is 0.241 e. The maximum atomic E-state index is 12.5. The zero-order valence-corrected chi connectivity index (χ0v) is 16.4. The second kappa shape index (κ2) is 8.66. The smallest absolute Gasteiger partial charge is 0.241 e. The highest BCUT2D eigenvalue weighted by molar-refractivity contribution is 7.91. The first-order valence-corrected chi connectivity index (χ1v) is 11.5. The number of sulfone groups is 1. The van der Waals surface area contributed by atoms with Gasteiger partial charge in [-0.25, -0.2) is 21.6 Å². The van der Waals surface area contributed by atoms with Crippen LogP contribution in [0.3, 0.4) is 0 Å². The Balaban J connectivity index is 2.00. The monoisotopic (exact) mass is 397 g/mol. The molecule has 0 heterocycles. The van der Waals surface area contributed by atoms with E-state index in [4.69, 9.17) is 4.74 Å². The van der Waals surface area contributed by atoms with Crippen LogP contribution >= 0.6 is 0 Å². The highest BCUT2D eigenvalue weighted by Gasteiger charge is 2.18. The summed E-state index contributed by atoms with van der Waals surface area (Å²) in [7, 11) is -6.77. The number of sulfonamides is 1. The van der Waals surface area contributed by atoms with Gasteiger partial charge < -0.3 is 4.74 Å². The van der Waals surface area contributed by atoms with Gasteiger partial charge >= 0.3 is 0 Å². The third-order valence-electron chi connectivity index (χ3n) is 3.87. The van der Waals surface area contributed by atoms with Crippen molar-refractivity contribution >= 4 is 19.9 Å². The quantitative estimate of drug-likeness (QED) is 0.702. The van der Waals surface area contributed by atoms with Crippen LogP contribution in [0.5, 0.6) is 5.75 Å². The van der Waals surface area contributed by atoms with E-state index >= 15 is 0 Å². The summed E-state index contributed by atoms with van der Waals surface area (Å²) < 4.78 is 55.8. The first kappa shape index (κ1) is 20.4. The number of ether oxygens (including phenoxy) is 1. The summed E-state index contributed by atoms with van der Waals surface area (Å²) in [6.45, 7) is 3.39. The summed E-state index contributed by atoms with van der Waals surface area (Å²) in [4.78, 5) is 0.119. The van der Waals surface area contributed by atoms with Gasteiger partial charge in [-0.15, -0.1) is 0 Å². The van der Waals surface area contributed by atoms with Gasteiger partial charge in [0.25, 0.3) is 0 Å². The van der Waals surface area contributed by atoms with Crippen molar-refractivity contribution in [1.82, 2.24) is 4.72 Å². The van der Waals surface area contributed by atoms with Crippen LogP contribution in [-0.2, 0) is 19.9 Å². The van der Waals surface area contributed by atoms with Crippen LogP contribution in [0.4, 0.5) is 0 Å². The van der Waals surface area contributed by atoms with Gasteiger partial charge in [-0.05, 0) is 36.8 Å². The van der Waals surface area contributed by atoms with Crippen molar-refractivity contribution < 1.29 is 21.6 Å². The summed E-state index contributed by atoms with van der Waals surface area (Å²) in [5.74, 6) is 0.421. The second-order valence-corrected chi connectivity index (χ2v) is 10.00. The van der Waals surface area contributed by atoms with Gasteiger partial charge in [0, 0.05) is 11.8 Å². The van der Waals surface area contributed by atoms with Gasteiger partial charge in [-0.1, -0.05) is 37.3 Å². The molecule has 2 rings (SSSR count). The highest BCUT2D eigenvalue weighted by atomic mass is 32.2. The fraction of sp³-hybridized carbons (Fsp3) is 0.333. The van der Waals surface area contributed by atoms with E-state index in [0.29, 0.717) is 5.75 Å². The van der Waals surface area contributed by atoms with E-state index in [1.807, 2.05) is 30.3 Å². The molecule has 1 unspecified atom stereocenters. The predicted octanol–water partition coefficient (Wildman–Crippen LogP) is 2.54. The minimum atomic E-state index is -3.67. The molecule has 0 radical (unpaired) electrons. The van der Waals surface area contributed by atoms with Crippen LogP contribution in [0.25, 0.3) is 0 Å². The van der Waals surface area contributed by atoms with E-state index in [-0.39, 0.29) is 29.0 Å². The number of benzene rings is 2. The van der Waals surface area contributed by atoms with Crippen molar-refractivity contribution in [3.05, 3.63) is 60.2 Å². The van der Waals surface area contributed by atoms with Gasteiger partial charge in [-0.2, -0.15) is 0 Å². The molecule has 1 N–H and O–H groups in total. The molecule has 0 amide bonds. The molecule has 8 heteroatoms. The zero-order chi connectivity index (χ0) is 19.2. The SMILES string of the molecule is CCS(=O)(=O)CCOc1ccc(S(=O)(=O)NC(C)c2ccccc2)cc1. The zero-order valence-electron chi connectivity index (χ0n) is 14.8. The maximum absolute atomic E-state index is 12.5. The minimum absolute atomic E-state index is 0.0333. The fourth-order valence-corrected chi connectivity index (χ4v) is 4.11. The van der Waals surface area contributed by atoms with Crippen LogP contribution in [-0.4, -0.2) is 34.9 Å². The summed E-state index contributed by atoms with van der Waals surface area (Å²) in [5.41, 5.74) is 0.869. The minimum Gasteiger partial charge on any atom is -0.493 e. The first-order chi connectivity index (χ1) is 12.2. The Morgan fingerprint density at radius 2 is 1.58 bits per heavy atom. The lowest BCUT2D eigenvalue weighted by Crippen LogP contribution is -2.26. The van der Waals surface area contributed by atoms with E-state index in [9.17, 15) is 16.8 Å². The molecular weight excluding hydrogens is 374 g/mol. The standard InChI is InChI=1S/C18H23NO5S2/c1-3-25(20,21)14-13-24-17-9-11-18(12-10-17)26(22,23)19-15(2)16-7-5-4-6-8-16/h4-12,15,19H,3,13-14H2,1-2H3. The first-order valence-electron chi connectivity index (χ1n) is 8.24. The Bertz CT molecular complexity index is 908. The normalized spacial score (nSPS) is 13.3. The van der Waals surface area contributed by atoms with Gasteiger partial charge in [0.1, 0.15) is 12.4 Å². The number of nitrogens with one attached hydrogen (secondary N) is 1. The molecule has 0 aromatic heterocycles. The molecule has 0 aliphatic carbocycles. The molecule has 26 heavy (non-hydrogen) atoms. The average Bonchev–Trinajstić information content (AvgIpc) is 2.62. The second-order valence-electron chi connectivity index (χ2n) is 5.81. The van der Waals surface area contributed by atoms with Crippen molar-refractivity contribution in [2.24, 2.45) is 0 Å². The lowest BCUT2D eigenvalue weighted by molar-refractivity contribution is 0.340. The Morgan fingerprint density at radius 3 is 2.15 bits per heavy atom. The average molecular weight is 398 g/mol. The van der Waals surface area contributed by atoms with E-state index < -0.39 is 19.9 Å². The molecule has 0 bridgehead atoms. The molecule has 0 spiro atoms. The third-order valence-corrected chi connectivity index (χ3v) is 7.09. The van der Waals surface area contributed by atoms with Crippen LogP contribution in [0.15, 0.2) is 59.5 Å². The summed E-state index contributed by atoms with van der Waals surface area (Å²) >= 11 is 0. The highest BCUT2D eigenvalue weighted by Crippen LogP contribution is 2.19. The Hall–Kier alpha value is -1.90. The third kappa shape index (κ3) is 5.82. The summed E-state index contributed by atoms with van der Waals surface area (Å²) in [5, 5.41) is 0. The van der Waals surface area contributed by atoms with Gasteiger partial charge in [0.15, 0.2) is 9.84 Å². The predicted molar refractivity (Wildman–Crippen MR) is 101 cm³/mol. The number of hydrogen-bond acceptors (Lipinski definition) is 5. The topological polar surface area (TPSA) is 89.5 Å². The number of hydrogen-bond donors (Lipinski definition) is 1. The Kier molecular flexibility index (Phi) is 6.80. The molecule has 0 fully saturated rings. The van der Waals surface area contributed by atoms with Gasteiger partial charge in [0.05, 0.1) is 10.6 Å². The van der Waals surface area contributed by atoms with Crippen molar-refractivity contribution in [2.45, 2.75) is 24.8 Å². The Morgan fingerprint density at radius 1 is 0.962 bits per heavy atom. The van der Waals surface area contributed by atoms with Gasteiger partial charge in [0.2, 0.25) is 10.0 Å². The summed E-state index contributed by atoms with van der Waals surface area (Å²) in [6.07, 6.45) is 0. The molecule has 0 aliphatic heterocycles. The number of rotatable bonds is 9. The largest absolute Gasteiger partial charge is 0.493 e. The van der Waals surface area contributed by atoms with Crippen LogP contribution in [0.2, 0.25) is 0 Å². The van der Waals surface area contributed by atoms with Crippen molar-refractivity contribution in [2.75, 3.05) is 18.1 Å². The van der Waals surface area contributed by atoms with E-state index in [0.717, 1.165) is 5.56 Å². The molecule has 1 atom stereocenters. The molecule has 142 valence electrons.